The molecule has 0 fully saturated rings. The van der Waals surface area contributed by atoms with Gasteiger partial charge in [0.2, 0.25) is 0 Å². The van der Waals surface area contributed by atoms with Crippen LogP contribution in [0.1, 0.15) is 5.69 Å². The molecule has 146 valence electrons. The lowest BCUT2D eigenvalue weighted by atomic mass is 10.0. The summed E-state index contributed by atoms with van der Waals surface area (Å²) < 4.78 is 63.5. The third-order valence-corrected chi connectivity index (χ3v) is 6.54. The van der Waals surface area contributed by atoms with E-state index >= 15 is 0 Å². The summed E-state index contributed by atoms with van der Waals surface area (Å²) in [5, 5.41) is 0. The van der Waals surface area contributed by atoms with E-state index in [1.165, 1.54) is 42.5 Å². The summed E-state index contributed by atoms with van der Waals surface area (Å²) in [6.45, 7) is 1.72. The smallest absolute Gasteiger partial charge is 0.263 e. The normalized spacial score (nSPS) is 12.0. The topological polar surface area (TPSA) is 93.2 Å². The van der Waals surface area contributed by atoms with Crippen LogP contribution in [0.2, 0.25) is 0 Å². The third kappa shape index (κ3) is 4.37. The second-order valence-electron chi connectivity index (χ2n) is 6.19. The summed E-state index contributed by atoms with van der Waals surface area (Å²) >= 11 is 0. The molecule has 28 heavy (non-hydrogen) atoms. The van der Waals surface area contributed by atoms with Crippen LogP contribution in [0.4, 0.5) is 10.2 Å². The molecule has 1 aromatic heterocycles. The molecular weight excluding hydrogens is 403 g/mol. The van der Waals surface area contributed by atoms with Crippen LogP contribution in [0.25, 0.3) is 11.1 Å². The Morgan fingerprint density at radius 3 is 1.93 bits per heavy atom. The first-order valence-corrected chi connectivity index (χ1v) is 11.5. The van der Waals surface area contributed by atoms with Gasteiger partial charge in [-0.05, 0) is 61.0 Å². The van der Waals surface area contributed by atoms with Crippen molar-refractivity contribution in [3.05, 3.63) is 72.2 Å². The number of benzene rings is 2. The molecule has 0 bridgehead atoms. The van der Waals surface area contributed by atoms with E-state index in [4.69, 9.17) is 0 Å². The van der Waals surface area contributed by atoms with Gasteiger partial charge in [-0.15, -0.1) is 0 Å². The number of hydrogen-bond donors (Lipinski definition) is 1. The molecule has 0 aliphatic heterocycles. The number of nitrogens with zero attached hydrogens (tertiary/aromatic N) is 1. The molecular formula is C19H17FN2O4S2. The zero-order valence-corrected chi connectivity index (χ0v) is 16.7. The molecule has 0 atom stereocenters. The molecule has 1 N–H and O–H groups in total. The first kappa shape index (κ1) is 20.0. The summed E-state index contributed by atoms with van der Waals surface area (Å²) in [6, 6.07) is 14.0. The molecule has 3 rings (SSSR count). The van der Waals surface area contributed by atoms with E-state index in [-0.39, 0.29) is 21.4 Å². The van der Waals surface area contributed by atoms with Crippen molar-refractivity contribution in [2.24, 2.45) is 0 Å². The summed E-state index contributed by atoms with van der Waals surface area (Å²) in [4.78, 5) is 4.21. The lowest BCUT2D eigenvalue weighted by Crippen LogP contribution is -2.14. The van der Waals surface area contributed by atoms with Gasteiger partial charge < -0.3 is 0 Å². The molecule has 0 saturated carbocycles. The number of hydrogen-bond acceptors (Lipinski definition) is 5. The molecule has 0 aliphatic carbocycles. The number of pyridine rings is 1. The number of nitrogens with one attached hydrogen (secondary N) is 1. The monoisotopic (exact) mass is 420 g/mol. The van der Waals surface area contributed by atoms with Gasteiger partial charge in [-0.2, -0.15) is 0 Å². The Balaban J connectivity index is 1.86. The Morgan fingerprint density at radius 2 is 1.39 bits per heavy atom. The van der Waals surface area contributed by atoms with E-state index < -0.39 is 19.9 Å². The molecule has 6 nitrogen and oxygen atoms in total. The van der Waals surface area contributed by atoms with Crippen LogP contribution in [0.5, 0.6) is 0 Å². The van der Waals surface area contributed by atoms with Crippen molar-refractivity contribution >= 4 is 25.7 Å². The van der Waals surface area contributed by atoms with Gasteiger partial charge in [0.15, 0.2) is 9.84 Å². The van der Waals surface area contributed by atoms with Gasteiger partial charge in [-0.25, -0.2) is 26.2 Å². The van der Waals surface area contributed by atoms with Crippen LogP contribution in [0.3, 0.4) is 0 Å². The Bertz CT molecular complexity index is 1220. The van der Waals surface area contributed by atoms with Gasteiger partial charge in [-0.1, -0.05) is 12.1 Å². The standard InChI is InChI=1S/C19H17FN2O4S2/c1-13-18(14-3-5-15(20)6-4-14)11-12-19(21-13)22-28(25,26)17-9-7-16(8-10-17)27(2,23)24/h3-12H,1-2H3,(H,21,22). The zero-order valence-electron chi connectivity index (χ0n) is 15.0. The highest BCUT2D eigenvalue weighted by atomic mass is 32.2. The number of anilines is 1. The minimum Gasteiger partial charge on any atom is -0.263 e. The minimum atomic E-state index is -3.93. The SMILES string of the molecule is Cc1nc(NS(=O)(=O)c2ccc(S(C)(=O)=O)cc2)ccc1-c1ccc(F)cc1. The Morgan fingerprint density at radius 1 is 0.821 bits per heavy atom. The summed E-state index contributed by atoms with van der Waals surface area (Å²) in [5.74, 6) is -0.226. The molecule has 3 aromatic rings. The van der Waals surface area contributed by atoms with Gasteiger partial charge in [-0.3, -0.25) is 4.72 Å². The van der Waals surface area contributed by atoms with Crippen LogP contribution in [0, 0.1) is 12.7 Å². The third-order valence-electron chi connectivity index (χ3n) is 4.04. The van der Waals surface area contributed by atoms with Crippen molar-refractivity contribution in [3.8, 4) is 11.1 Å². The minimum absolute atomic E-state index is 0.0315. The summed E-state index contributed by atoms with van der Waals surface area (Å²) in [7, 11) is -7.35. The number of aryl methyl sites for hydroxylation is 1. The Kier molecular flexibility index (Phi) is 5.22. The number of sulfonamides is 1. The van der Waals surface area contributed by atoms with E-state index in [1.807, 2.05) is 0 Å². The second kappa shape index (κ2) is 7.33. The van der Waals surface area contributed by atoms with Gasteiger partial charge >= 0.3 is 0 Å². The van der Waals surface area contributed by atoms with Crippen LogP contribution in [-0.4, -0.2) is 28.1 Å². The largest absolute Gasteiger partial charge is 0.263 e. The predicted molar refractivity (Wildman–Crippen MR) is 105 cm³/mol. The second-order valence-corrected chi connectivity index (χ2v) is 9.88. The molecule has 1 heterocycles. The van der Waals surface area contributed by atoms with Gasteiger partial charge in [0.1, 0.15) is 11.6 Å². The van der Waals surface area contributed by atoms with E-state index in [0.29, 0.717) is 5.69 Å². The summed E-state index contributed by atoms with van der Waals surface area (Å²) in [6.07, 6.45) is 1.05. The Labute approximate surface area is 163 Å². The highest BCUT2D eigenvalue weighted by Gasteiger charge is 2.17. The maximum absolute atomic E-state index is 13.1. The highest BCUT2D eigenvalue weighted by molar-refractivity contribution is 7.92. The van der Waals surface area contributed by atoms with Gasteiger partial charge in [0.05, 0.1) is 9.79 Å². The molecule has 0 radical (unpaired) electrons. The predicted octanol–water partition coefficient (Wildman–Crippen LogP) is 3.40. The quantitative estimate of drug-likeness (QED) is 0.683. The van der Waals surface area contributed by atoms with E-state index in [0.717, 1.165) is 17.4 Å². The maximum atomic E-state index is 13.1. The van der Waals surface area contributed by atoms with Crippen molar-refractivity contribution in [2.45, 2.75) is 16.7 Å². The van der Waals surface area contributed by atoms with Crippen molar-refractivity contribution in [2.75, 3.05) is 11.0 Å². The molecule has 2 aromatic carbocycles. The van der Waals surface area contributed by atoms with Crippen LogP contribution < -0.4 is 4.72 Å². The number of halogens is 1. The van der Waals surface area contributed by atoms with Crippen LogP contribution in [-0.2, 0) is 19.9 Å². The molecule has 0 unspecified atom stereocenters. The number of rotatable bonds is 5. The van der Waals surface area contributed by atoms with Crippen molar-refractivity contribution < 1.29 is 21.2 Å². The lowest BCUT2D eigenvalue weighted by Gasteiger charge is -2.11. The lowest BCUT2D eigenvalue weighted by molar-refractivity contribution is 0.597. The maximum Gasteiger partial charge on any atom is 0.263 e. The first-order chi connectivity index (χ1) is 13.1. The first-order valence-electron chi connectivity index (χ1n) is 8.13. The average Bonchev–Trinajstić information content (AvgIpc) is 2.62. The Hall–Kier alpha value is -2.78. The van der Waals surface area contributed by atoms with Crippen LogP contribution in [0.15, 0.2) is 70.5 Å². The average molecular weight is 420 g/mol. The zero-order chi connectivity index (χ0) is 20.5. The number of aromatic nitrogens is 1. The van der Waals surface area contributed by atoms with E-state index in [1.54, 1.807) is 25.1 Å². The molecule has 0 saturated heterocycles. The fraction of sp³-hybridized carbons (Fsp3) is 0.105. The number of sulfone groups is 1. The summed E-state index contributed by atoms with van der Waals surface area (Å²) in [5.41, 5.74) is 2.08. The van der Waals surface area contributed by atoms with Gasteiger partial charge in [0, 0.05) is 17.5 Å². The van der Waals surface area contributed by atoms with E-state index in [9.17, 15) is 21.2 Å². The fourth-order valence-electron chi connectivity index (χ4n) is 2.62. The molecule has 0 amide bonds. The van der Waals surface area contributed by atoms with Crippen molar-refractivity contribution in [1.29, 1.82) is 0 Å². The van der Waals surface area contributed by atoms with Crippen molar-refractivity contribution in [3.63, 3.8) is 0 Å². The molecule has 0 spiro atoms. The van der Waals surface area contributed by atoms with Crippen LogP contribution >= 0.6 is 0 Å². The molecule has 0 aliphatic rings. The molecule has 9 heteroatoms. The van der Waals surface area contributed by atoms with Crippen molar-refractivity contribution in [1.82, 2.24) is 4.98 Å². The fourth-order valence-corrected chi connectivity index (χ4v) is 4.25. The van der Waals surface area contributed by atoms with E-state index in [2.05, 4.69) is 9.71 Å². The highest BCUT2D eigenvalue weighted by Crippen LogP contribution is 2.25. The van der Waals surface area contributed by atoms with Gasteiger partial charge in [0.25, 0.3) is 10.0 Å².